The van der Waals surface area contributed by atoms with Gasteiger partial charge in [-0.2, -0.15) is 0 Å². The van der Waals surface area contributed by atoms with Crippen LogP contribution in [0.2, 0.25) is 0 Å². The van der Waals surface area contributed by atoms with Gasteiger partial charge < -0.3 is 20.3 Å². The van der Waals surface area contributed by atoms with Gasteiger partial charge in [0.1, 0.15) is 12.4 Å². The SMILES string of the molecule is C[C@H]1COc2ccccc2C(=O)NCCCCCC2(CCN(CC3CCCC3)CC2)C(=O)N1. The molecule has 4 rings (SSSR count). The summed E-state index contributed by atoms with van der Waals surface area (Å²) in [5.41, 5.74) is 0.277. The molecule has 2 amide bonds. The average Bonchev–Trinajstić information content (AvgIpc) is 3.33. The Morgan fingerprint density at radius 3 is 2.55 bits per heavy atom. The zero-order valence-corrected chi connectivity index (χ0v) is 20.2. The van der Waals surface area contributed by atoms with Crippen LogP contribution in [0.15, 0.2) is 24.3 Å². The van der Waals surface area contributed by atoms with Crippen LogP contribution in [0, 0.1) is 11.3 Å². The molecular formula is C27H41N3O3. The first-order valence-corrected chi connectivity index (χ1v) is 13.1. The summed E-state index contributed by atoms with van der Waals surface area (Å²) in [6.07, 6.45) is 11.3. The topological polar surface area (TPSA) is 70.7 Å². The van der Waals surface area contributed by atoms with Crippen LogP contribution in [0.5, 0.6) is 5.75 Å². The van der Waals surface area contributed by atoms with Gasteiger partial charge in [-0.25, -0.2) is 0 Å². The predicted octanol–water partition coefficient (Wildman–Crippen LogP) is 4.15. The van der Waals surface area contributed by atoms with Gasteiger partial charge in [-0.05, 0) is 76.6 Å². The molecule has 1 saturated heterocycles. The van der Waals surface area contributed by atoms with Crippen molar-refractivity contribution in [3.05, 3.63) is 29.8 Å². The van der Waals surface area contributed by atoms with Crippen LogP contribution in [0.4, 0.5) is 0 Å². The van der Waals surface area contributed by atoms with Crippen molar-refractivity contribution in [2.24, 2.45) is 11.3 Å². The third-order valence-corrected chi connectivity index (χ3v) is 7.90. The van der Waals surface area contributed by atoms with Crippen molar-refractivity contribution in [2.45, 2.75) is 77.2 Å². The van der Waals surface area contributed by atoms with Crippen LogP contribution in [-0.4, -0.2) is 55.5 Å². The number of hydrogen-bond donors (Lipinski definition) is 2. The minimum Gasteiger partial charge on any atom is -0.491 e. The van der Waals surface area contributed by atoms with Crippen molar-refractivity contribution < 1.29 is 14.3 Å². The van der Waals surface area contributed by atoms with E-state index in [0.717, 1.165) is 57.5 Å². The Hall–Kier alpha value is -2.08. The molecule has 1 atom stereocenters. The summed E-state index contributed by atoms with van der Waals surface area (Å²) in [6.45, 7) is 6.25. The number of hydrogen-bond acceptors (Lipinski definition) is 4. The molecule has 0 bridgehead atoms. The molecule has 2 aliphatic heterocycles. The molecule has 182 valence electrons. The fourth-order valence-corrected chi connectivity index (χ4v) is 5.79. The highest BCUT2D eigenvalue weighted by molar-refractivity contribution is 5.96. The predicted molar refractivity (Wildman–Crippen MR) is 130 cm³/mol. The average molecular weight is 456 g/mol. The number of nitrogens with one attached hydrogen (secondary N) is 2. The molecule has 1 aliphatic carbocycles. The van der Waals surface area contributed by atoms with Gasteiger partial charge in [0.2, 0.25) is 5.91 Å². The van der Waals surface area contributed by atoms with E-state index in [0.29, 0.717) is 24.5 Å². The van der Waals surface area contributed by atoms with Crippen molar-refractivity contribution in [2.75, 3.05) is 32.8 Å². The second-order valence-electron chi connectivity index (χ2n) is 10.5. The minimum absolute atomic E-state index is 0.0942. The number of fused-ring (bicyclic) bond motifs is 1. The largest absolute Gasteiger partial charge is 0.491 e. The standard InChI is InChI=1S/C27H41N3O3/c1-21-20-33-24-12-6-5-11-23(24)25(31)28-16-8-2-7-13-27(26(32)29-21)14-17-30(18-15-27)19-22-9-3-4-10-22/h5-6,11-12,21-22H,2-4,7-10,13-20H2,1H3,(H,28,31)(H,29,32)/t21-/m0/s1. The molecule has 6 heteroatoms. The Bertz CT molecular complexity index is 798. The molecule has 1 aromatic carbocycles. The van der Waals surface area contributed by atoms with Crippen LogP contribution in [-0.2, 0) is 4.79 Å². The van der Waals surface area contributed by atoms with E-state index in [9.17, 15) is 9.59 Å². The molecule has 1 aromatic rings. The maximum Gasteiger partial charge on any atom is 0.255 e. The summed E-state index contributed by atoms with van der Waals surface area (Å²) >= 11 is 0. The number of rotatable bonds is 2. The fourth-order valence-electron chi connectivity index (χ4n) is 5.79. The third-order valence-electron chi connectivity index (χ3n) is 7.90. The minimum atomic E-state index is -0.276. The van der Waals surface area contributed by atoms with E-state index >= 15 is 0 Å². The number of amides is 2. The normalized spacial score (nSPS) is 25.9. The van der Waals surface area contributed by atoms with Crippen LogP contribution in [0.3, 0.4) is 0 Å². The Balaban J connectivity index is 1.41. The van der Waals surface area contributed by atoms with E-state index < -0.39 is 0 Å². The zero-order chi connectivity index (χ0) is 23.1. The molecule has 33 heavy (non-hydrogen) atoms. The summed E-state index contributed by atoms with van der Waals surface area (Å²) in [7, 11) is 0. The Kier molecular flexibility index (Phi) is 8.29. The lowest BCUT2D eigenvalue weighted by atomic mass is 9.73. The molecule has 0 radical (unpaired) electrons. The molecule has 2 fully saturated rings. The first kappa shape index (κ1) is 24.1. The van der Waals surface area contributed by atoms with Gasteiger partial charge in [0.15, 0.2) is 0 Å². The maximum atomic E-state index is 13.5. The second kappa shape index (κ2) is 11.4. The molecular weight excluding hydrogens is 414 g/mol. The van der Waals surface area contributed by atoms with Crippen molar-refractivity contribution in [1.82, 2.24) is 15.5 Å². The lowest BCUT2D eigenvalue weighted by molar-refractivity contribution is -0.135. The van der Waals surface area contributed by atoms with Crippen LogP contribution >= 0.6 is 0 Å². The highest BCUT2D eigenvalue weighted by atomic mass is 16.5. The number of carbonyl (C=O) groups is 2. The van der Waals surface area contributed by atoms with E-state index in [-0.39, 0.29) is 23.3 Å². The summed E-state index contributed by atoms with van der Waals surface area (Å²) < 4.78 is 5.98. The highest BCUT2D eigenvalue weighted by Gasteiger charge is 2.41. The molecule has 6 nitrogen and oxygen atoms in total. The third kappa shape index (κ3) is 6.28. The van der Waals surface area contributed by atoms with Gasteiger partial charge in [-0.1, -0.05) is 37.8 Å². The van der Waals surface area contributed by atoms with E-state index in [1.54, 1.807) is 6.07 Å². The van der Waals surface area contributed by atoms with Crippen LogP contribution < -0.4 is 15.4 Å². The lowest BCUT2D eigenvalue weighted by Crippen LogP contribution is -2.52. The van der Waals surface area contributed by atoms with E-state index in [4.69, 9.17) is 4.74 Å². The lowest BCUT2D eigenvalue weighted by Gasteiger charge is -2.42. The van der Waals surface area contributed by atoms with E-state index in [1.807, 2.05) is 25.1 Å². The monoisotopic (exact) mass is 455 g/mol. The summed E-state index contributed by atoms with van der Waals surface area (Å²) in [5.74, 6) is 1.52. The smallest absolute Gasteiger partial charge is 0.255 e. The molecule has 2 heterocycles. The molecule has 0 unspecified atom stereocenters. The van der Waals surface area contributed by atoms with Crippen LogP contribution in [0.1, 0.15) is 81.5 Å². The van der Waals surface area contributed by atoms with Crippen molar-refractivity contribution in [1.29, 1.82) is 0 Å². The number of nitrogens with zero attached hydrogens (tertiary/aromatic N) is 1. The first-order chi connectivity index (χ1) is 16.1. The number of ether oxygens (including phenoxy) is 1. The summed E-state index contributed by atoms with van der Waals surface area (Å²) in [6, 6.07) is 7.22. The number of likely N-dealkylation sites (tertiary alicyclic amines) is 1. The van der Waals surface area contributed by atoms with Crippen molar-refractivity contribution in [3.63, 3.8) is 0 Å². The number of benzene rings is 1. The fraction of sp³-hybridized carbons (Fsp3) is 0.704. The van der Waals surface area contributed by atoms with E-state index in [2.05, 4.69) is 15.5 Å². The molecule has 2 N–H and O–H groups in total. The van der Waals surface area contributed by atoms with Gasteiger partial charge in [0.25, 0.3) is 5.91 Å². The number of para-hydroxylation sites is 1. The maximum absolute atomic E-state index is 13.5. The van der Waals surface area contributed by atoms with Gasteiger partial charge in [0.05, 0.1) is 17.0 Å². The molecule has 3 aliphatic rings. The van der Waals surface area contributed by atoms with Gasteiger partial charge in [0, 0.05) is 13.1 Å². The van der Waals surface area contributed by atoms with Gasteiger partial charge >= 0.3 is 0 Å². The first-order valence-electron chi connectivity index (χ1n) is 13.1. The Labute approximate surface area is 198 Å². The zero-order valence-electron chi connectivity index (χ0n) is 20.2. The molecule has 1 saturated carbocycles. The van der Waals surface area contributed by atoms with Crippen molar-refractivity contribution >= 4 is 11.8 Å². The van der Waals surface area contributed by atoms with Crippen molar-refractivity contribution in [3.8, 4) is 5.75 Å². The highest BCUT2D eigenvalue weighted by Crippen LogP contribution is 2.38. The quantitative estimate of drug-likeness (QED) is 0.703. The summed E-state index contributed by atoms with van der Waals surface area (Å²) in [5, 5.41) is 6.29. The van der Waals surface area contributed by atoms with E-state index in [1.165, 1.54) is 32.2 Å². The second-order valence-corrected chi connectivity index (χ2v) is 10.5. The summed E-state index contributed by atoms with van der Waals surface area (Å²) in [4.78, 5) is 28.7. The Morgan fingerprint density at radius 1 is 1.00 bits per heavy atom. The molecule has 0 aromatic heterocycles. The van der Waals surface area contributed by atoms with Gasteiger partial charge in [-0.15, -0.1) is 0 Å². The molecule has 1 spiro atoms. The van der Waals surface area contributed by atoms with Crippen LogP contribution in [0.25, 0.3) is 0 Å². The Morgan fingerprint density at radius 2 is 1.76 bits per heavy atom. The van der Waals surface area contributed by atoms with Gasteiger partial charge in [-0.3, -0.25) is 9.59 Å². The number of carbonyl (C=O) groups excluding carboxylic acids is 2. The number of piperidine rings is 1.